The predicted octanol–water partition coefficient (Wildman–Crippen LogP) is 1.27. The van der Waals surface area contributed by atoms with Crippen LogP contribution in [0.5, 0.6) is 0 Å². The van der Waals surface area contributed by atoms with E-state index in [0.29, 0.717) is 0 Å². The fraction of sp³-hybridized carbons (Fsp3) is 0.300. The van der Waals surface area contributed by atoms with Gasteiger partial charge in [-0.3, -0.25) is 10.1 Å². The van der Waals surface area contributed by atoms with Gasteiger partial charge in [-0.05, 0) is 5.56 Å². The molecule has 6 heteroatoms. The van der Waals surface area contributed by atoms with Gasteiger partial charge in [0.1, 0.15) is 0 Å². The molecule has 2 atom stereocenters. The van der Waals surface area contributed by atoms with E-state index >= 15 is 0 Å². The van der Waals surface area contributed by atoms with E-state index in [9.17, 15) is 14.9 Å². The van der Waals surface area contributed by atoms with Crippen molar-refractivity contribution >= 4 is 5.97 Å². The first kappa shape index (κ1) is 13.5. The van der Waals surface area contributed by atoms with E-state index in [1.165, 1.54) is 0 Å². The smallest absolute Gasteiger partial charge is 0.383 e. The molecule has 1 saturated carbocycles. The molecule has 1 aliphatic carbocycles. The Morgan fingerprint density at radius 2 is 2.00 bits per heavy atom. The van der Waals surface area contributed by atoms with Gasteiger partial charge in [0.05, 0.1) is 5.92 Å². The quantitative estimate of drug-likeness (QED) is 0.659. The van der Waals surface area contributed by atoms with Crippen molar-refractivity contribution in [1.29, 1.82) is 0 Å². The minimum absolute atomic E-state index is 0. The Morgan fingerprint density at radius 1 is 1.44 bits per heavy atom. The number of hydrogen-bond acceptors (Lipinski definition) is 3. The molecule has 1 aromatic rings. The molecule has 1 aliphatic rings. The van der Waals surface area contributed by atoms with Gasteiger partial charge in [0.2, 0.25) is 0 Å². The van der Waals surface area contributed by atoms with E-state index in [4.69, 9.17) is 5.11 Å². The molecule has 1 aromatic carbocycles. The number of aliphatic carboxylic acids is 1. The molecular formula is C10H9NO4Pr. The summed E-state index contributed by atoms with van der Waals surface area (Å²) < 4.78 is 0. The standard InChI is InChI=1S/C10H9NO4.Pr/c12-9(13)10(11(14)15)6-8(10)7-4-2-1-3-5-7;/h1-5,8H,6H2,(H,12,13);. The van der Waals surface area contributed by atoms with Crippen LogP contribution in [0.2, 0.25) is 0 Å². The SMILES string of the molecule is O=C(O)C1([N+](=O)[O-])CC1c1ccccc1.[Pr]. The molecule has 1 fully saturated rings. The zero-order chi connectivity index (χ0) is 11.1. The van der Waals surface area contributed by atoms with E-state index in [-0.39, 0.29) is 47.7 Å². The van der Waals surface area contributed by atoms with Gasteiger partial charge in [0, 0.05) is 52.6 Å². The summed E-state index contributed by atoms with van der Waals surface area (Å²) >= 11 is 0. The molecule has 1 radical (unpaired) electrons. The second-order valence-electron chi connectivity index (χ2n) is 3.65. The van der Waals surface area contributed by atoms with Gasteiger partial charge in [-0.15, -0.1) is 0 Å². The van der Waals surface area contributed by atoms with Crippen LogP contribution in [0.4, 0.5) is 0 Å². The van der Waals surface area contributed by atoms with Crippen LogP contribution in [0, 0.1) is 51.4 Å². The minimum atomic E-state index is -1.79. The Balaban J connectivity index is 0.00000128. The van der Waals surface area contributed by atoms with Crippen molar-refractivity contribution in [2.75, 3.05) is 0 Å². The Labute approximate surface area is 125 Å². The van der Waals surface area contributed by atoms with Crippen molar-refractivity contribution in [3.63, 3.8) is 0 Å². The number of nitro groups is 1. The first-order valence-corrected chi connectivity index (χ1v) is 4.52. The van der Waals surface area contributed by atoms with E-state index in [1.54, 1.807) is 30.3 Å². The second-order valence-corrected chi connectivity index (χ2v) is 3.65. The van der Waals surface area contributed by atoms with Crippen LogP contribution < -0.4 is 0 Å². The zero-order valence-electron chi connectivity index (χ0n) is 8.37. The number of rotatable bonds is 3. The van der Waals surface area contributed by atoms with E-state index in [0.717, 1.165) is 5.56 Å². The number of nitrogens with zero attached hydrogens (tertiary/aromatic N) is 1. The molecule has 0 aliphatic heterocycles. The summed E-state index contributed by atoms with van der Waals surface area (Å²) in [6.45, 7) is 0. The van der Waals surface area contributed by atoms with Gasteiger partial charge in [-0.25, -0.2) is 4.79 Å². The molecule has 16 heavy (non-hydrogen) atoms. The Bertz CT molecular complexity index is 406. The van der Waals surface area contributed by atoms with Crippen molar-refractivity contribution in [2.45, 2.75) is 17.9 Å². The van der Waals surface area contributed by atoms with Crippen LogP contribution in [0.15, 0.2) is 30.3 Å². The predicted molar refractivity (Wildman–Crippen MR) is 51.2 cm³/mol. The first-order valence-electron chi connectivity index (χ1n) is 4.52. The summed E-state index contributed by atoms with van der Waals surface area (Å²) in [5.41, 5.74) is -1.07. The summed E-state index contributed by atoms with van der Waals surface area (Å²) in [5, 5.41) is 19.6. The molecule has 2 rings (SSSR count). The zero-order valence-corrected chi connectivity index (χ0v) is 12.1. The average molecular weight is 348 g/mol. The van der Waals surface area contributed by atoms with Crippen molar-refractivity contribution in [3.8, 4) is 0 Å². The molecule has 81 valence electrons. The number of benzene rings is 1. The molecule has 0 bridgehead atoms. The average Bonchev–Trinajstić information content (AvgIpc) is 2.95. The van der Waals surface area contributed by atoms with Gasteiger partial charge in [-0.1, -0.05) is 30.3 Å². The monoisotopic (exact) mass is 348 g/mol. The van der Waals surface area contributed by atoms with Gasteiger partial charge < -0.3 is 5.11 Å². The molecule has 0 saturated heterocycles. The van der Waals surface area contributed by atoms with Gasteiger partial charge in [-0.2, -0.15) is 0 Å². The fourth-order valence-corrected chi connectivity index (χ4v) is 1.85. The molecular weight excluding hydrogens is 339 g/mol. The maximum absolute atomic E-state index is 10.9. The van der Waals surface area contributed by atoms with Gasteiger partial charge in [0.25, 0.3) is 0 Å². The third-order valence-corrected chi connectivity index (χ3v) is 2.83. The maximum Gasteiger partial charge on any atom is 0.383 e. The fourth-order valence-electron chi connectivity index (χ4n) is 1.85. The second kappa shape index (κ2) is 4.76. The van der Waals surface area contributed by atoms with Crippen LogP contribution in [0.1, 0.15) is 17.9 Å². The first-order chi connectivity index (χ1) is 7.09. The van der Waals surface area contributed by atoms with Crippen LogP contribution in [0.3, 0.4) is 0 Å². The van der Waals surface area contributed by atoms with Crippen LogP contribution in [0.25, 0.3) is 0 Å². The number of carboxylic acid groups (broad SMARTS) is 1. The van der Waals surface area contributed by atoms with E-state index in [1.807, 2.05) is 0 Å². The third-order valence-electron chi connectivity index (χ3n) is 2.83. The van der Waals surface area contributed by atoms with E-state index < -0.39 is 22.3 Å². The molecule has 0 heterocycles. The van der Waals surface area contributed by atoms with Crippen molar-refractivity contribution in [3.05, 3.63) is 46.0 Å². The van der Waals surface area contributed by atoms with Crippen molar-refractivity contribution in [2.24, 2.45) is 0 Å². The molecule has 5 nitrogen and oxygen atoms in total. The van der Waals surface area contributed by atoms with Crippen molar-refractivity contribution < 1.29 is 56.1 Å². The Hall–Kier alpha value is -0.546. The summed E-state index contributed by atoms with van der Waals surface area (Å²) in [4.78, 5) is 20.9. The Morgan fingerprint density at radius 3 is 2.38 bits per heavy atom. The summed E-state index contributed by atoms with van der Waals surface area (Å²) in [7, 11) is 0. The van der Waals surface area contributed by atoms with Gasteiger partial charge in [0.15, 0.2) is 0 Å². The number of carboxylic acids is 1. The number of carbonyl (C=O) groups is 1. The molecule has 0 aromatic heterocycles. The van der Waals surface area contributed by atoms with Crippen LogP contribution in [-0.4, -0.2) is 21.5 Å². The third kappa shape index (κ3) is 1.98. The largest absolute Gasteiger partial charge is 0.476 e. The number of hydrogen-bond donors (Lipinski definition) is 1. The summed E-state index contributed by atoms with van der Waals surface area (Å²) in [5.74, 6) is -1.84. The topological polar surface area (TPSA) is 80.4 Å². The minimum Gasteiger partial charge on any atom is -0.476 e. The van der Waals surface area contributed by atoms with Crippen LogP contribution >= 0.6 is 0 Å². The Kier molecular flexibility index (Phi) is 4.02. The molecule has 0 spiro atoms. The summed E-state index contributed by atoms with van der Waals surface area (Å²) in [6, 6.07) is 8.73. The normalized spacial score (nSPS) is 26.6. The van der Waals surface area contributed by atoms with Crippen molar-refractivity contribution in [1.82, 2.24) is 0 Å². The molecule has 0 amide bonds. The maximum atomic E-state index is 10.9. The summed E-state index contributed by atoms with van der Waals surface area (Å²) in [6.07, 6.45) is 0.0827. The van der Waals surface area contributed by atoms with Crippen LogP contribution in [-0.2, 0) is 4.79 Å². The van der Waals surface area contributed by atoms with Gasteiger partial charge >= 0.3 is 11.5 Å². The molecule has 1 N–H and O–H groups in total. The van der Waals surface area contributed by atoms with E-state index in [2.05, 4.69) is 0 Å². The molecule has 2 unspecified atom stereocenters.